The minimum Gasteiger partial charge on any atom is -0.368 e. The molecule has 0 aromatic carbocycles. The van der Waals surface area contributed by atoms with Crippen molar-refractivity contribution in [2.24, 2.45) is 11.7 Å². The van der Waals surface area contributed by atoms with Crippen LogP contribution in [0.1, 0.15) is 13.8 Å². The summed E-state index contributed by atoms with van der Waals surface area (Å²) in [6, 6.07) is 2.10. The number of nitrogens with zero attached hydrogens (tertiary/aromatic N) is 1. The van der Waals surface area contributed by atoms with Crippen LogP contribution >= 0.6 is 31.9 Å². The molecule has 3 N–H and O–H groups in total. The van der Waals surface area contributed by atoms with Crippen molar-refractivity contribution in [2.45, 2.75) is 19.9 Å². The zero-order chi connectivity index (χ0) is 11.4. The van der Waals surface area contributed by atoms with E-state index in [0.29, 0.717) is 5.92 Å². The molecule has 15 heavy (non-hydrogen) atoms. The normalized spacial score (nSPS) is 12.9. The SMILES string of the molecule is CC(C)C(N)CNc1ncc(Br)cc1Br. The van der Waals surface area contributed by atoms with Gasteiger partial charge in [0.05, 0.1) is 4.47 Å². The molecule has 1 aromatic rings. The van der Waals surface area contributed by atoms with Crippen molar-refractivity contribution in [3.63, 3.8) is 0 Å². The maximum absolute atomic E-state index is 5.93. The number of halogens is 2. The largest absolute Gasteiger partial charge is 0.368 e. The van der Waals surface area contributed by atoms with Gasteiger partial charge in [0.1, 0.15) is 5.82 Å². The van der Waals surface area contributed by atoms with Gasteiger partial charge in [0, 0.05) is 23.3 Å². The second-order valence-electron chi connectivity index (χ2n) is 3.77. The number of hydrogen-bond donors (Lipinski definition) is 2. The van der Waals surface area contributed by atoms with Crippen LogP contribution in [0.5, 0.6) is 0 Å². The Morgan fingerprint density at radius 1 is 1.47 bits per heavy atom. The number of pyridine rings is 1. The summed E-state index contributed by atoms with van der Waals surface area (Å²) < 4.78 is 1.89. The molecular formula is C10H15Br2N3. The van der Waals surface area contributed by atoms with Gasteiger partial charge in [-0.05, 0) is 43.8 Å². The van der Waals surface area contributed by atoms with Crippen LogP contribution in [-0.4, -0.2) is 17.6 Å². The van der Waals surface area contributed by atoms with E-state index in [2.05, 4.69) is 56.0 Å². The Labute approximate surface area is 107 Å². The zero-order valence-corrected chi connectivity index (χ0v) is 12.0. The average Bonchev–Trinajstić information content (AvgIpc) is 2.15. The minimum atomic E-state index is 0.141. The molecule has 1 atom stereocenters. The van der Waals surface area contributed by atoms with E-state index < -0.39 is 0 Å². The van der Waals surface area contributed by atoms with Crippen molar-refractivity contribution in [1.29, 1.82) is 0 Å². The molecule has 84 valence electrons. The monoisotopic (exact) mass is 335 g/mol. The van der Waals surface area contributed by atoms with E-state index >= 15 is 0 Å². The summed E-state index contributed by atoms with van der Waals surface area (Å²) in [4.78, 5) is 4.25. The van der Waals surface area contributed by atoms with Gasteiger partial charge in [0.15, 0.2) is 0 Å². The molecule has 1 unspecified atom stereocenters. The first-order chi connectivity index (χ1) is 7.00. The van der Waals surface area contributed by atoms with E-state index in [1.807, 2.05) is 6.07 Å². The highest BCUT2D eigenvalue weighted by Gasteiger charge is 2.08. The van der Waals surface area contributed by atoms with Crippen molar-refractivity contribution < 1.29 is 0 Å². The van der Waals surface area contributed by atoms with Gasteiger partial charge in [0.2, 0.25) is 0 Å². The number of anilines is 1. The van der Waals surface area contributed by atoms with Crippen LogP contribution in [-0.2, 0) is 0 Å². The van der Waals surface area contributed by atoms with Gasteiger partial charge in [-0.25, -0.2) is 4.98 Å². The fraction of sp³-hybridized carbons (Fsp3) is 0.500. The molecule has 0 radical (unpaired) electrons. The Hall–Kier alpha value is -0.130. The molecule has 1 rings (SSSR count). The molecule has 0 amide bonds. The molecule has 0 aliphatic heterocycles. The first-order valence-electron chi connectivity index (χ1n) is 4.81. The molecule has 0 saturated carbocycles. The van der Waals surface area contributed by atoms with Gasteiger partial charge in [-0.3, -0.25) is 0 Å². The second kappa shape index (κ2) is 5.82. The third-order valence-electron chi connectivity index (χ3n) is 2.17. The van der Waals surface area contributed by atoms with Gasteiger partial charge in [-0.1, -0.05) is 13.8 Å². The topological polar surface area (TPSA) is 50.9 Å². The van der Waals surface area contributed by atoms with Crippen molar-refractivity contribution in [3.05, 3.63) is 21.2 Å². The van der Waals surface area contributed by atoms with E-state index in [1.165, 1.54) is 0 Å². The predicted molar refractivity (Wildman–Crippen MR) is 70.9 cm³/mol. The number of rotatable bonds is 4. The Kier molecular flexibility index (Phi) is 5.02. The molecule has 0 saturated heterocycles. The van der Waals surface area contributed by atoms with Gasteiger partial charge in [-0.15, -0.1) is 0 Å². The van der Waals surface area contributed by atoms with Crippen LogP contribution in [0.4, 0.5) is 5.82 Å². The van der Waals surface area contributed by atoms with Crippen molar-refractivity contribution in [3.8, 4) is 0 Å². The molecule has 0 aliphatic carbocycles. The molecule has 1 heterocycles. The summed E-state index contributed by atoms with van der Waals surface area (Å²) in [7, 11) is 0. The Morgan fingerprint density at radius 3 is 2.67 bits per heavy atom. The van der Waals surface area contributed by atoms with Crippen LogP contribution in [0.2, 0.25) is 0 Å². The number of aromatic nitrogens is 1. The van der Waals surface area contributed by atoms with Crippen LogP contribution in [0, 0.1) is 5.92 Å². The lowest BCUT2D eigenvalue weighted by Gasteiger charge is -2.17. The molecular weight excluding hydrogens is 322 g/mol. The number of nitrogens with two attached hydrogens (primary N) is 1. The first kappa shape index (κ1) is 12.9. The fourth-order valence-corrected chi connectivity index (χ4v) is 2.12. The summed E-state index contributed by atoms with van der Waals surface area (Å²) in [5.41, 5.74) is 5.93. The third-order valence-corrected chi connectivity index (χ3v) is 3.21. The van der Waals surface area contributed by atoms with Crippen LogP contribution in [0.15, 0.2) is 21.2 Å². The molecule has 0 aliphatic rings. The van der Waals surface area contributed by atoms with Crippen LogP contribution in [0.3, 0.4) is 0 Å². The van der Waals surface area contributed by atoms with Crippen LogP contribution < -0.4 is 11.1 Å². The Bertz CT molecular complexity index is 328. The second-order valence-corrected chi connectivity index (χ2v) is 5.54. The van der Waals surface area contributed by atoms with E-state index in [-0.39, 0.29) is 6.04 Å². The van der Waals surface area contributed by atoms with Crippen molar-refractivity contribution >= 4 is 37.7 Å². The lowest BCUT2D eigenvalue weighted by Crippen LogP contribution is -2.34. The maximum atomic E-state index is 5.93. The van der Waals surface area contributed by atoms with Gasteiger partial charge in [-0.2, -0.15) is 0 Å². The zero-order valence-electron chi connectivity index (χ0n) is 8.80. The van der Waals surface area contributed by atoms with E-state index in [9.17, 15) is 0 Å². The lowest BCUT2D eigenvalue weighted by molar-refractivity contribution is 0.511. The molecule has 0 spiro atoms. The van der Waals surface area contributed by atoms with Crippen molar-refractivity contribution in [2.75, 3.05) is 11.9 Å². The average molecular weight is 337 g/mol. The van der Waals surface area contributed by atoms with Gasteiger partial charge >= 0.3 is 0 Å². The highest BCUT2D eigenvalue weighted by atomic mass is 79.9. The van der Waals surface area contributed by atoms with E-state index in [1.54, 1.807) is 6.20 Å². The highest BCUT2D eigenvalue weighted by Crippen LogP contribution is 2.23. The molecule has 1 aromatic heterocycles. The van der Waals surface area contributed by atoms with E-state index in [0.717, 1.165) is 21.3 Å². The smallest absolute Gasteiger partial charge is 0.140 e. The first-order valence-corrected chi connectivity index (χ1v) is 6.39. The molecule has 0 bridgehead atoms. The Morgan fingerprint density at radius 2 is 2.13 bits per heavy atom. The molecule has 5 heteroatoms. The van der Waals surface area contributed by atoms with Crippen molar-refractivity contribution in [1.82, 2.24) is 4.98 Å². The maximum Gasteiger partial charge on any atom is 0.140 e. The summed E-state index contributed by atoms with van der Waals surface area (Å²) in [5, 5.41) is 3.22. The number of nitrogens with one attached hydrogen (secondary N) is 1. The van der Waals surface area contributed by atoms with E-state index in [4.69, 9.17) is 5.73 Å². The quantitative estimate of drug-likeness (QED) is 0.888. The Balaban J connectivity index is 2.58. The van der Waals surface area contributed by atoms with Crippen LogP contribution in [0.25, 0.3) is 0 Å². The van der Waals surface area contributed by atoms with Gasteiger partial charge < -0.3 is 11.1 Å². The lowest BCUT2D eigenvalue weighted by atomic mass is 10.1. The summed E-state index contributed by atoms with van der Waals surface area (Å²) in [5.74, 6) is 1.29. The standard InChI is InChI=1S/C10H15Br2N3/c1-6(2)9(13)5-15-10-8(12)3-7(11)4-14-10/h3-4,6,9H,5,13H2,1-2H3,(H,14,15). The minimum absolute atomic E-state index is 0.141. The highest BCUT2D eigenvalue weighted by molar-refractivity contribution is 9.11. The molecule has 3 nitrogen and oxygen atoms in total. The fourth-order valence-electron chi connectivity index (χ4n) is 0.995. The third kappa shape index (κ3) is 4.09. The summed E-state index contributed by atoms with van der Waals surface area (Å²) >= 11 is 6.79. The predicted octanol–water partition coefficient (Wildman–Crippen LogP) is 3.00. The number of hydrogen-bond acceptors (Lipinski definition) is 3. The summed E-state index contributed by atoms with van der Waals surface area (Å²) in [6.45, 7) is 4.94. The van der Waals surface area contributed by atoms with Gasteiger partial charge in [0.25, 0.3) is 0 Å². The summed E-state index contributed by atoms with van der Waals surface area (Å²) in [6.07, 6.45) is 1.76. The molecule has 0 fully saturated rings.